The normalized spacial score (nSPS) is 18.0. The van der Waals surface area contributed by atoms with Crippen LogP contribution in [0.4, 0.5) is 11.4 Å². The number of rotatable bonds is 11. The van der Waals surface area contributed by atoms with Crippen molar-refractivity contribution in [3.8, 4) is 11.1 Å². The fourth-order valence-corrected chi connectivity index (χ4v) is 7.51. The van der Waals surface area contributed by atoms with Gasteiger partial charge >= 0.3 is 5.97 Å². The van der Waals surface area contributed by atoms with Crippen molar-refractivity contribution >= 4 is 35.4 Å². The first-order valence-electron chi connectivity index (χ1n) is 18.4. The number of aromatic nitrogens is 2. The number of carboxylic acid groups (broad SMARTS) is 1. The Morgan fingerprint density at radius 3 is 1.72 bits per heavy atom. The van der Waals surface area contributed by atoms with E-state index in [2.05, 4.69) is 25.5 Å². The number of pyridine rings is 2. The second-order valence-electron chi connectivity index (χ2n) is 14.3. The van der Waals surface area contributed by atoms with Crippen molar-refractivity contribution in [2.45, 2.75) is 91.4 Å². The van der Waals surface area contributed by atoms with E-state index in [1.807, 2.05) is 69.0 Å². The molecular formula is C42H48N6O5. The van der Waals surface area contributed by atoms with Crippen molar-refractivity contribution in [2.75, 3.05) is 23.7 Å². The molecule has 2 amide bonds. The summed E-state index contributed by atoms with van der Waals surface area (Å²) in [5.41, 5.74) is 9.20. The highest BCUT2D eigenvalue weighted by Crippen LogP contribution is 2.34. The lowest BCUT2D eigenvalue weighted by atomic mass is 9.94. The summed E-state index contributed by atoms with van der Waals surface area (Å²) in [5, 5.41) is 15.7. The smallest absolute Gasteiger partial charge is 0.320 e. The zero-order valence-corrected chi connectivity index (χ0v) is 30.9. The van der Waals surface area contributed by atoms with Gasteiger partial charge in [0.1, 0.15) is 23.7 Å². The van der Waals surface area contributed by atoms with Gasteiger partial charge in [0, 0.05) is 36.9 Å². The van der Waals surface area contributed by atoms with Crippen molar-refractivity contribution < 1.29 is 24.3 Å². The van der Waals surface area contributed by atoms with Crippen LogP contribution >= 0.6 is 0 Å². The molecule has 0 bridgehead atoms. The molecule has 0 aliphatic carbocycles. The summed E-state index contributed by atoms with van der Waals surface area (Å²) in [6.45, 7) is 10.5. The van der Waals surface area contributed by atoms with Crippen molar-refractivity contribution in [3.05, 3.63) is 106 Å². The van der Waals surface area contributed by atoms with Gasteiger partial charge in [0.2, 0.25) is 0 Å². The highest BCUT2D eigenvalue weighted by molar-refractivity contribution is 6.05. The van der Waals surface area contributed by atoms with Gasteiger partial charge in [-0.2, -0.15) is 0 Å². The van der Waals surface area contributed by atoms with Crippen molar-refractivity contribution in [1.29, 1.82) is 0 Å². The molecule has 11 nitrogen and oxygen atoms in total. The number of nitrogens with zero attached hydrogens (tertiary/aromatic N) is 4. The van der Waals surface area contributed by atoms with Crippen molar-refractivity contribution in [3.63, 3.8) is 0 Å². The minimum absolute atomic E-state index is 0.0760. The van der Waals surface area contributed by atoms with Crippen LogP contribution in [-0.4, -0.2) is 74.1 Å². The number of aryl methyl sites for hydroxylation is 2. The molecule has 276 valence electrons. The van der Waals surface area contributed by atoms with Crippen molar-refractivity contribution in [2.24, 2.45) is 0 Å². The highest BCUT2D eigenvalue weighted by atomic mass is 16.4. The third-order valence-corrected chi connectivity index (χ3v) is 10.8. The molecule has 2 aromatic heterocycles. The molecule has 2 aliphatic rings. The summed E-state index contributed by atoms with van der Waals surface area (Å²) in [4.78, 5) is 63.3. The molecule has 4 heterocycles. The number of likely N-dealkylation sites (tertiary alicyclic amines) is 2. The van der Waals surface area contributed by atoms with Gasteiger partial charge in [0.05, 0.1) is 6.04 Å². The van der Waals surface area contributed by atoms with E-state index in [4.69, 9.17) is 0 Å². The van der Waals surface area contributed by atoms with Crippen LogP contribution in [0.2, 0.25) is 0 Å². The molecule has 0 spiro atoms. The minimum Gasteiger partial charge on any atom is -0.480 e. The minimum atomic E-state index is -0.802. The summed E-state index contributed by atoms with van der Waals surface area (Å²) >= 11 is 0. The Labute approximate surface area is 310 Å². The first-order chi connectivity index (χ1) is 25.5. The zero-order chi connectivity index (χ0) is 37.6. The molecule has 53 heavy (non-hydrogen) atoms. The van der Waals surface area contributed by atoms with Crippen LogP contribution in [0, 0.1) is 27.7 Å². The standard InChI is InChI=1S/C42H48N6O5/c1-26-19-37(43-21-30(26)23-47-17-7-5-11-32(47)25-49)40(50)45-35-14-9-12-33(28(35)3)34-13-10-15-36(29(34)4)46-41(51)38-20-27(2)31(22-44-38)24-48-18-8-6-16-39(48)42(52)53/h9-10,12-15,19-22,25,32,39H,5-8,11,16-18,23-24H2,1-4H3,(H,45,50)(H,46,51)(H,52,53)/t32-,39-/m1/s1. The third kappa shape index (κ3) is 8.53. The number of amides is 2. The van der Waals surface area contributed by atoms with Gasteiger partial charge in [-0.25, -0.2) is 0 Å². The third-order valence-electron chi connectivity index (χ3n) is 10.8. The molecule has 3 N–H and O–H groups in total. The van der Waals surface area contributed by atoms with Crippen LogP contribution in [0.1, 0.15) is 92.9 Å². The van der Waals surface area contributed by atoms with Crippen LogP contribution in [0.25, 0.3) is 11.1 Å². The molecule has 4 aromatic rings. The summed E-state index contributed by atoms with van der Waals surface area (Å²) < 4.78 is 0. The molecule has 11 heteroatoms. The molecule has 2 saturated heterocycles. The van der Waals surface area contributed by atoms with Gasteiger partial charge < -0.3 is 20.5 Å². The average molecular weight is 717 g/mol. The highest BCUT2D eigenvalue weighted by Gasteiger charge is 2.29. The molecule has 2 atom stereocenters. The SMILES string of the molecule is Cc1cc(C(=O)Nc2cccc(-c3cccc(NC(=O)c4cc(C)c(CN5CCCC[C@@H]5C=O)cn4)c3C)c2C)ncc1CN1CCCC[C@@H]1C(=O)O. The Balaban J connectivity index is 1.14. The zero-order valence-electron chi connectivity index (χ0n) is 30.9. The fraction of sp³-hybridized carbons (Fsp3) is 0.381. The summed E-state index contributed by atoms with van der Waals surface area (Å²) in [5.74, 6) is -1.45. The number of nitrogens with one attached hydrogen (secondary N) is 2. The van der Waals surface area contributed by atoms with Gasteiger partial charge in [-0.05, 0) is 135 Å². The molecular weight excluding hydrogens is 668 g/mol. The maximum atomic E-state index is 13.4. The van der Waals surface area contributed by atoms with Crippen LogP contribution < -0.4 is 10.6 Å². The van der Waals surface area contributed by atoms with Crippen LogP contribution in [-0.2, 0) is 22.7 Å². The molecule has 0 saturated carbocycles. The second kappa shape index (κ2) is 16.6. The lowest BCUT2D eigenvalue weighted by molar-refractivity contribution is -0.144. The summed E-state index contributed by atoms with van der Waals surface area (Å²) in [6, 6.07) is 14.4. The van der Waals surface area contributed by atoms with Crippen LogP contribution in [0.15, 0.2) is 60.9 Å². The fourth-order valence-electron chi connectivity index (χ4n) is 7.51. The van der Waals surface area contributed by atoms with Gasteiger partial charge in [0.25, 0.3) is 11.8 Å². The number of aliphatic carboxylic acids is 1. The maximum Gasteiger partial charge on any atom is 0.320 e. The lowest BCUT2D eigenvalue weighted by Gasteiger charge is -2.33. The maximum absolute atomic E-state index is 13.4. The predicted molar refractivity (Wildman–Crippen MR) is 205 cm³/mol. The van der Waals surface area contributed by atoms with Crippen LogP contribution in [0.3, 0.4) is 0 Å². The van der Waals surface area contributed by atoms with Gasteiger partial charge in [-0.3, -0.25) is 34.2 Å². The largest absolute Gasteiger partial charge is 0.480 e. The van der Waals surface area contributed by atoms with E-state index in [0.717, 1.165) is 96.0 Å². The van der Waals surface area contributed by atoms with E-state index >= 15 is 0 Å². The number of hydrogen-bond donors (Lipinski definition) is 3. The number of piperidine rings is 2. The molecule has 0 unspecified atom stereocenters. The van der Waals surface area contributed by atoms with E-state index in [9.17, 15) is 24.3 Å². The molecule has 6 rings (SSSR count). The number of anilines is 2. The first-order valence-corrected chi connectivity index (χ1v) is 18.4. The Bertz CT molecular complexity index is 2030. The number of hydrogen-bond acceptors (Lipinski definition) is 8. The Morgan fingerprint density at radius 2 is 1.23 bits per heavy atom. The second-order valence-corrected chi connectivity index (χ2v) is 14.3. The number of carbonyl (C=O) groups is 4. The van der Waals surface area contributed by atoms with Crippen molar-refractivity contribution in [1.82, 2.24) is 19.8 Å². The number of carbonyl (C=O) groups excluding carboxylic acids is 3. The number of carboxylic acids is 1. The van der Waals surface area contributed by atoms with E-state index in [1.165, 1.54) is 0 Å². The Kier molecular flexibility index (Phi) is 11.7. The quantitative estimate of drug-likeness (QED) is 0.142. The Hall–Kier alpha value is -5.26. The molecule has 0 radical (unpaired) electrons. The van der Waals surface area contributed by atoms with Crippen LogP contribution in [0.5, 0.6) is 0 Å². The van der Waals surface area contributed by atoms with E-state index in [0.29, 0.717) is 36.6 Å². The summed E-state index contributed by atoms with van der Waals surface area (Å²) in [6.07, 6.45) is 9.96. The van der Waals surface area contributed by atoms with E-state index < -0.39 is 12.0 Å². The Morgan fingerprint density at radius 1 is 0.736 bits per heavy atom. The average Bonchev–Trinajstić information content (AvgIpc) is 3.15. The lowest BCUT2D eigenvalue weighted by Crippen LogP contribution is -2.44. The van der Waals surface area contributed by atoms with Gasteiger partial charge in [0.15, 0.2) is 0 Å². The first kappa shape index (κ1) is 37.5. The van der Waals surface area contributed by atoms with Gasteiger partial charge in [-0.15, -0.1) is 0 Å². The predicted octanol–water partition coefficient (Wildman–Crippen LogP) is 6.87. The number of aldehydes is 1. The number of benzene rings is 2. The van der Waals surface area contributed by atoms with E-state index in [1.54, 1.807) is 24.5 Å². The van der Waals surface area contributed by atoms with Gasteiger partial charge in [-0.1, -0.05) is 37.1 Å². The molecule has 2 aromatic carbocycles. The summed E-state index contributed by atoms with van der Waals surface area (Å²) in [7, 11) is 0. The molecule has 2 fully saturated rings. The topological polar surface area (TPSA) is 145 Å². The molecule has 2 aliphatic heterocycles. The monoisotopic (exact) mass is 716 g/mol. The van der Waals surface area contributed by atoms with E-state index in [-0.39, 0.29) is 23.6 Å².